The Bertz CT molecular complexity index is 1210. The number of rotatable bonds is 3. The second-order valence-electron chi connectivity index (χ2n) is 6.48. The number of phenols is 1. The van der Waals surface area contributed by atoms with Crippen LogP contribution in [-0.4, -0.2) is 22.6 Å². The van der Waals surface area contributed by atoms with Crippen LogP contribution in [0.15, 0.2) is 89.9 Å². The molecule has 0 bridgehead atoms. The molecule has 0 aliphatic heterocycles. The van der Waals surface area contributed by atoms with Crippen LogP contribution in [-0.2, 0) is 0 Å². The predicted molar refractivity (Wildman–Crippen MR) is 110 cm³/mol. The number of aromatic nitrogens is 1. The molecule has 0 atom stereocenters. The number of hydrogen-bond donors (Lipinski definition) is 1. The van der Waals surface area contributed by atoms with Gasteiger partial charge < -0.3 is 14.6 Å². The highest BCUT2D eigenvalue weighted by Crippen LogP contribution is 2.21. The van der Waals surface area contributed by atoms with Crippen LogP contribution in [0.5, 0.6) is 5.75 Å². The summed E-state index contributed by atoms with van der Waals surface area (Å²) in [4.78, 5) is 27.6. The first-order chi connectivity index (χ1) is 13.6. The minimum atomic E-state index is -0.380. The third-order valence-electron chi connectivity index (χ3n) is 4.72. The van der Waals surface area contributed by atoms with Crippen LogP contribution in [0.25, 0.3) is 16.6 Å². The molecule has 0 saturated carbocycles. The van der Waals surface area contributed by atoms with E-state index >= 15 is 0 Å². The van der Waals surface area contributed by atoms with E-state index in [1.165, 1.54) is 4.90 Å². The molecule has 5 nitrogen and oxygen atoms in total. The standard InChI is InChI=1S/C23H18N2O3/c1-24(16-7-3-2-4-8-16)23(28)20-15-25(17-11-13-18(26)14-12-17)21-10-6-5-9-19(21)22(20)27/h2-15,26H,1H3. The number of phenolic OH excluding ortho intramolecular Hbond substituents is 1. The van der Waals surface area contributed by atoms with Crippen molar-refractivity contribution >= 4 is 22.5 Å². The number of aromatic hydroxyl groups is 1. The smallest absolute Gasteiger partial charge is 0.263 e. The molecule has 1 heterocycles. The summed E-state index contributed by atoms with van der Waals surface area (Å²) >= 11 is 0. The van der Waals surface area contributed by atoms with Crippen molar-refractivity contribution in [2.75, 3.05) is 11.9 Å². The van der Waals surface area contributed by atoms with E-state index in [9.17, 15) is 14.7 Å². The summed E-state index contributed by atoms with van der Waals surface area (Å²) in [5.74, 6) is -0.233. The minimum Gasteiger partial charge on any atom is -0.508 e. The molecule has 1 amide bonds. The molecule has 0 radical (unpaired) electrons. The molecule has 138 valence electrons. The quantitative estimate of drug-likeness (QED) is 0.593. The van der Waals surface area contributed by atoms with Crippen LogP contribution >= 0.6 is 0 Å². The maximum Gasteiger partial charge on any atom is 0.263 e. The first-order valence-corrected chi connectivity index (χ1v) is 8.83. The molecule has 0 fully saturated rings. The average molecular weight is 370 g/mol. The van der Waals surface area contributed by atoms with Crippen LogP contribution in [0.2, 0.25) is 0 Å². The van der Waals surface area contributed by atoms with Gasteiger partial charge in [0.1, 0.15) is 11.3 Å². The van der Waals surface area contributed by atoms with Crippen molar-refractivity contribution in [3.05, 3.63) is 101 Å². The number of benzene rings is 3. The van der Waals surface area contributed by atoms with Gasteiger partial charge in [0.2, 0.25) is 5.43 Å². The van der Waals surface area contributed by atoms with E-state index in [1.54, 1.807) is 54.2 Å². The van der Waals surface area contributed by atoms with Gasteiger partial charge in [-0.1, -0.05) is 30.3 Å². The zero-order chi connectivity index (χ0) is 19.7. The summed E-state index contributed by atoms with van der Waals surface area (Å²) in [6.07, 6.45) is 1.57. The van der Waals surface area contributed by atoms with Gasteiger partial charge >= 0.3 is 0 Å². The number of para-hydroxylation sites is 2. The zero-order valence-corrected chi connectivity index (χ0v) is 15.2. The maximum absolute atomic E-state index is 13.1. The van der Waals surface area contributed by atoms with Gasteiger partial charge in [-0.2, -0.15) is 0 Å². The highest BCUT2D eigenvalue weighted by Gasteiger charge is 2.20. The molecule has 0 unspecified atom stereocenters. The molecular formula is C23H18N2O3. The van der Waals surface area contributed by atoms with Crippen molar-refractivity contribution < 1.29 is 9.90 Å². The van der Waals surface area contributed by atoms with E-state index in [4.69, 9.17) is 0 Å². The van der Waals surface area contributed by atoms with E-state index in [-0.39, 0.29) is 22.6 Å². The van der Waals surface area contributed by atoms with Gasteiger partial charge in [0.15, 0.2) is 0 Å². The number of hydrogen-bond acceptors (Lipinski definition) is 3. The molecule has 1 aromatic heterocycles. The van der Waals surface area contributed by atoms with Crippen molar-refractivity contribution in [2.24, 2.45) is 0 Å². The SMILES string of the molecule is CN(C(=O)c1cn(-c2ccc(O)cc2)c2ccccc2c1=O)c1ccccc1. The lowest BCUT2D eigenvalue weighted by Gasteiger charge is -2.19. The van der Waals surface area contributed by atoms with Gasteiger partial charge in [0, 0.05) is 30.0 Å². The first kappa shape index (κ1) is 17.5. The molecule has 3 aromatic carbocycles. The fourth-order valence-corrected chi connectivity index (χ4v) is 3.21. The van der Waals surface area contributed by atoms with Gasteiger partial charge in [-0.3, -0.25) is 9.59 Å². The van der Waals surface area contributed by atoms with Crippen molar-refractivity contribution in [3.8, 4) is 11.4 Å². The number of anilines is 1. The zero-order valence-electron chi connectivity index (χ0n) is 15.2. The molecule has 4 aromatic rings. The highest BCUT2D eigenvalue weighted by molar-refractivity contribution is 6.07. The Balaban J connectivity index is 1.92. The predicted octanol–water partition coefficient (Wildman–Crippen LogP) is 3.97. The van der Waals surface area contributed by atoms with E-state index in [0.29, 0.717) is 16.6 Å². The highest BCUT2D eigenvalue weighted by atomic mass is 16.3. The Kier molecular flexibility index (Phi) is 4.41. The summed E-state index contributed by atoms with van der Waals surface area (Å²) in [5.41, 5.74) is 1.91. The first-order valence-electron chi connectivity index (χ1n) is 8.83. The Labute approximate surface area is 161 Å². The molecule has 0 aliphatic carbocycles. The molecule has 1 N–H and O–H groups in total. The third kappa shape index (κ3) is 3.03. The lowest BCUT2D eigenvalue weighted by atomic mass is 10.1. The fraction of sp³-hybridized carbons (Fsp3) is 0.0435. The summed E-state index contributed by atoms with van der Waals surface area (Å²) in [6, 6.07) is 23.0. The summed E-state index contributed by atoms with van der Waals surface area (Å²) in [6.45, 7) is 0. The minimum absolute atomic E-state index is 0.0816. The van der Waals surface area contributed by atoms with Crippen molar-refractivity contribution in [3.63, 3.8) is 0 Å². The van der Waals surface area contributed by atoms with Crippen molar-refractivity contribution in [1.82, 2.24) is 4.57 Å². The molecule has 28 heavy (non-hydrogen) atoms. The van der Waals surface area contributed by atoms with Gasteiger partial charge in [0.25, 0.3) is 5.91 Å². The van der Waals surface area contributed by atoms with Crippen LogP contribution in [0.3, 0.4) is 0 Å². The topological polar surface area (TPSA) is 62.5 Å². The van der Waals surface area contributed by atoms with E-state index in [2.05, 4.69) is 0 Å². The van der Waals surface area contributed by atoms with Crippen LogP contribution in [0.1, 0.15) is 10.4 Å². The summed E-state index contributed by atoms with van der Waals surface area (Å²) in [7, 11) is 1.65. The largest absolute Gasteiger partial charge is 0.508 e. The monoisotopic (exact) mass is 370 g/mol. The Hall–Kier alpha value is -3.86. The summed E-state index contributed by atoms with van der Waals surface area (Å²) < 4.78 is 1.79. The molecule has 0 saturated heterocycles. The van der Waals surface area contributed by atoms with Gasteiger partial charge in [0.05, 0.1) is 5.52 Å². The van der Waals surface area contributed by atoms with Gasteiger partial charge in [-0.15, -0.1) is 0 Å². The number of fused-ring (bicyclic) bond motifs is 1. The number of carbonyl (C=O) groups is 1. The number of nitrogens with zero attached hydrogens (tertiary/aromatic N) is 2. The second-order valence-corrected chi connectivity index (χ2v) is 6.48. The molecule has 0 spiro atoms. The Morgan fingerprint density at radius 3 is 2.25 bits per heavy atom. The Morgan fingerprint density at radius 1 is 0.893 bits per heavy atom. The number of amides is 1. The number of pyridine rings is 1. The molecule has 4 rings (SSSR count). The molecular weight excluding hydrogens is 352 g/mol. The van der Waals surface area contributed by atoms with Crippen LogP contribution in [0, 0.1) is 0 Å². The van der Waals surface area contributed by atoms with E-state index in [0.717, 1.165) is 5.69 Å². The second kappa shape index (κ2) is 7.04. The van der Waals surface area contributed by atoms with Crippen LogP contribution in [0.4, 0.5) is 5.69 Å². The fourth-order valence-electron chi connectivity index (χ4n) is 3.21. The molecule has 5 heteroatoms. The lowest BCUT2D eigenvalue weighted by Crippen LogP contribution is -2.31. The van der Waals surface area contributed by atoms with Crippen LogP contribution < -0.4 is 10.3 Å². The van der Waals surface area contributed by atoms with Gasteiger partial charge in [-0.05, 0) is 48.5 Å². The normalized spacial score (nSPS) is 10.8. The van der Waals surface area contributed by atoms with Crippen molar-refractivity contribution in [2.45, 2.75) is 0 Å². The van der Waals surface area contributed by atoms with Gasteiger partial charge in [-0.25, -0.2) is 0 Å². The maximum atomic E-state index is 13.1. The summed E-state index contributed by atoms with van der Waals surface area (Å²) in [5, 5.41) is 10.0. The number of carbonyl (C=O) groups excluding carboxylic acids is 1. The average Bonchev–Trinajstić information content (AvgIpc) is 2.74. The lowest BCUT2D eigenvalue weighted by molar-refractivity contribution is 0.0991. The van der Waals surface area contributed by atoms with Crippen molar-refractivity contribution in [1.29, 1.82) is 0 Å². The Morgan fingerprint density at radius 2 is 1.54 bits per heavy atom. The van der Waals surface area contributed by atoms with E-state index < -0.39 is 0 Å². The van der Waals surface area contributed by atoms with E-state index in [1.807, 2.05) is 42.5 Å². The third-order valence-corrected chi connectivity index (χ3v) is 4.72. The molecule has 0 aliphatic rings.